The van der Waals surface area contributed by atoms with Crippen molar-refractivity contribution in [3.8, 4) is 0 Å². The largest absolute Gasteiger partial charge is 0.418 e. The van der Waals surface area contributed by atoms with E-state index in [4.69, 9.17) is 0 Å². The molecule has 25 heavy (non-hydrogen) atoms. The van der Waals surface area contributed by atoms with Crippen LogP contribution in [0.25, 0.3) is 0 Å². The van der Waals surface area contributed by atoms with Crippen molar-refractivity contribution in [2.75, 3.05) is 5.32 Å². The number of nitrogens with zero attached hydrogens (tertiary/aromatic N) is 3. The molecule has 134 valence electrons. The first-order chi connectivity index (χ1) is 11.5. The molecule has 0 aliphatic carbocycles. The molecule has 0 aliphatic rings. The standard InChI is InChI=1S/C15H15F3N4O3/c1-8-13(22(24)25)9(2)21(20-8)10(3)14(23)19-12-7-5-4-6-11(12)15(16,17)18/h4-7,10H,1-3H3,(H,19,23)/t10-/m1/s1. The van der Waals surface area contributed by atoms with Gasteiger partial charge in [0.05, 0.1) is 16.2 Å². The van der Waals surface area contributed by atoms with Gasteiger partial charge in [0.1, 0.15) is 17.4 Å². The molecule has 1 N–H and O–H groups in total. The van der Waals surface area contributed by atoms with E-state index in [0.717, 1.165) is 16.8 Å². The first-order valence-corrected chi connectivity index (χ1v) is 7.21. The lowest BCUT2D eigenvalue weighted by atomic mass is 10.1. The number of benzene rings is 1. The van der Waals surface area contributed by atoms with Gasteiger partial charge in [0, 0.05) is 0 Å². The predicted molar refractivity (Wildman–Crippen MR) is 83.1 cm³/mol. The number of anilines is 1. The van der Waals surface area contributed by atoms with Crippen LogP contribution in [0.3, 0.4) is 0 Å². The number of carbonyl (C=O) groups is 1. The van der Waals surface area contributed by atoms with E-state index >= 15 is 0 Å². The summed E-state index contributed by atoms with van der Waals surface area (Å²) < 4.78 is 40.1. The molecule has 1 amide bonds. The monoisotopic (exact) mass is 356 g/mol. The molecular weight excluding hydrogens is 341 g/mol. The van der Waals surface area contributed by atoms with Crippen LogP contribution < -0.4 is 5.32 Å². The predicted octanol–water partition coefficient (Wildman–Crippen LogP) is 3.63. The Hall–Kier alpha value is -2.91. The Kier molecular flexibility index (Phi) is 4.82. The Morgan fingerprint density at radius 3 is 2.44 bits per heavy atom. The normalized spacial score (nSPS) is 12.7. The van der Waals surface area contributed by atoms with Gasteiger partial charge in [0.25, 0.3) is 0 Å². The Balaban J connectivity index is 2.32. The molecule has 10 heteroatoms. The summed E-state index contributed by atoms with van der Waals surface area (Å²) in [6.07, 6.45) is -4.62. The third kappa shape index (κ3) is 3.62. The fourth-order valence-electron chi connectivity index (χ4n) is 2.48. The summed E-state index contributed by atoms with van der Waals surface area (Å²) in [6.45, 7) is 4.24. The molecule has 0 saturated carbocycles. The molecule has 0 fully saturated rings. The number of rotatable bonds is 4. The lowest BCUT2D eigenvalue weighted by molar-refractivity contribution is -0.386. The van der Waals surface area contributed by atoms with E-state index in [2.05, 4.69) is 10.4 Å². The Bertz CT molecular complexity index is 830. The lowest BCUT2D eigenvalue weighted by Crippen LogP contribution is -2.26. The number of carbonyl (C=O) groups excluding carboxylic acids is 1. The van der Waals surface area contributed by atoms with Crippen molar-refractivity contribution in [1.82, 2.24) is 9.78 Å². The second kappa shape index (κ2) is 6.54. The van der Waals surface area contributed by atoms with E-state index in [1.807, 2.05) is 0 Å². The third-order valence-corrected chi connectivity index (χ3v) is 3.71. The molecule has 0 bridgehead atoms. The van der Waals surface area contributed by atoms with E-state index in [0.29, 0.717) is 0 Å². The number of alkyl halides is 3. The number of halogens is 3. The zero-order valence-corrected chi connectivity index (χ0v) is 13.6. The van der Waals surface area contributed by atoms with Crippen LogP contribution in [-0.2, 0) is 11.0 Å². The molecule has 0 aliphatic heterocycles. The summed E-state index contributed by atoms with van der Waals surface area (Å²) in [5.74, 6) is -0.766. The number of amides is 1. The summed E-state index contributed by atoms with van der Waals surface area (Å²) in [5, 5.41) is 17.2. The highest BCUT2D eigenvalue weighted by molar-refractivity contribution is 5.94. The maximum absolute atomic E-state index is 13.0. The van der Waals surface area contributed by atoms with Crippen LogP contribution >= 0.6 is 0 Å². The molecule has 1 heterocycles. The molecule has 0 radical (unpaired) electrons. The average molecular weight is 356 g/mol. The van der Waals surface area contributed by atoms with Gasteiger partial charge in [0.15, 0.2) is 0 Å². The minimum Gasteiger partial charge on any atom is -0.324 e. The Morgan fingerprint density at radius 1 is 1.32 bits per heavy atom. The number of aryl methyl sites for hydroxylation is 1. The van der Waals surface area contributed by atoms with Crippen LogP contribution in [-0.4, -0.2) is 20.6 Å². The summed E-state index contributed by atoms with van der Waals surface area (Å²) >= 11 is 0. The molecule has 2 aromatic rings. The molecule has 7 nitrogen and oxygen atoms in total. The Labute approximate surface area is 140 Å². The average Bonchev–Trinajstić information content (AvgIpc) is 2.80. The summed E-state index contributed by atoms with van der Waals surface area (Å²) in [5.41, 5.74) is -1.32. The van der Waals surface area contributed by atoms with Crippen molar-refractivity contribution < 1.29 is 22.9 Å². The number of aromatic nitrogens is 2. The topological polar surface area (TPSA) is 90.1 Å². The summed E-state index contributed by atoms with van der Waals surface area (Å²) in [7, 11) is 0. The van der Waals surface area contributed by atoms with E-state index in [-0.39, 0.29) is 22.8 Å². The minimum atomic E-state index is -4.62. The van der Waals surface area contributed by atoms with Crippen LogP contribution in [0, 0.1) is 24.0 Å². The fourth-order valence-corrected chi connectivity index (χ4v) is 2.48. The van der Waals surface area contributed by atoms with Crippen molar-refractivity contribution in [2.24, 2.45) is 0 Å². The van der Waals surface area contributed by atoms with Gasteiger partial charge in [-0.05, 0) is 32.9 Å². The highest BCUT2D eigenvalue weighted by atomic mass is 19.4. The zero-order chi connectivity index (χ0) is 18.9. The molecule has 1 aromatic heterocycles. The van der Waals surface area contributed by atoms with Crippen LogP contribution in [0.4, 0.5) is 24.5 Å². The van der Waals surface area contributed by atoms with E-state index in [1.54, 1.807) is 0 Å². The lowest BCUT2D eigenvalue weighted by Gasteiger charge is -2.17. The molecule has 0 saturated heterocycles. The number of hydrogen-bond acceptors (Lipinski definition) is 4. The van der Waals surface area contributed by atoms with E-state index in [1.165, 1.54) is 32.9 Å². The smallest absolute Gasteiger partial charge is 0.324 e. The Morgan fingerprint density at radius 2 is 1.92 bits per heavy atom. The van der Waals surface area contributed by atoms with Crippen LogP contribution in [0.2, 0.25) is 0 Å². The van der Waals surface area contributed by atoms with E-state index in [9.17, 15) is 28.1 Å². The minimum absolute atomic E-state index is 0.123. The number of nitro groups is 1. The van der Waals surface area contributed by atoms with Crippen LogP contribution in [0.1, 0.15) is 29.9 Å². The maximum Gasteiger partial charge on any atom is 0.418 e. The van der Waals surface area contributed by atoms with Gasteiger partial charge < -0.3 is 5.32 Å². The first-order valence-electron chi connectivity index (χ1n) is 7.21. The quantitative estimate of drug-likeness (QED) is 0.669. The van der Waals surface area contributed by atoms with E-state index < -0.39 is 28.6 Å². The SMILES string of the molecule is Cc1nn([C@H](C)C(=O)Nc2ccccc2C(F)(F)F)c(C)c1[N+](=O)[O-]. The zero-order valence-electron chi connectivity index (χ0n) is 13.6. The third-order valence-electron chi connectivity index (χ3n) is 3.71. The molecule has 1 atom stereocenters. The van der Waals surface area contributed by atoms with Gasteiger partial charge >= 0.3 is 11.9 Å². The number of para-hydroxylation sites is 1. The first kappa shape index (κ1) is 18.4. The van der Waals surface area contributed by atoms with Gasteiger partial charge in [-0.1, -0.05) is 12.1 Å². The number of nitrogens with one attached hydrogen (secondary N) is 1. The summed E-state index contributed by atoms with van der Waals surface area (Å²) in [6, 6.07) is 3.54. The second-order valence-electron chi connectivity index (χ2n) is 5.43. The van der Waals surface area contributed by atoms with Gasteiger partial charge in [-0.15, -0.1) is 0 Å². The van der Waals surface area contributed by atoms with Crippen molar-refractivity contribution in [3.63, 3.8) is 0 Å². The van der Waals surface area contributed by atoms with Gasteiger partial charge in [-0.2, -0.15) is 18.3 Å². The van der Waals surface area contributed by atoms with Gasteiger partial charge in [0.2, 0.25) is 5.91 Å². The fraction of sp³-hybridized carbons (Fsp3) is 0.333. The van der Waals surface area contributed by atoms with Crippen molar-refractivity contribution in [2.45, 2.75) is 33.0 Å². The molecule has 2 rings (SSSR count). The molecular formula is C15H15F3N4O3. The number of hydrogen-bond donors (Lipinski definition) is 1. The van der Waals surface area contributed by atoms with Crippen LogP contribution in [0.5, 0.6) is 0 Å². The van der Waals surface area contributed by atoms with Crippen LogP contribution in [0.15, 0.2) is 24.3 Å². The summed E-state index contributed by atoms with van der Waals surface area (Å²) in [4.78, 5) is 22.7. The highest BCUT2D eigenvalue weighted by Crippen LogP contribution is 2.35. The molecule has 0 spiro atoms. The van der Waals surface area contributed by atoms with Crippen molar-refractivity contribution >= 4 is 17.3 Å². The van der Waals surface area contributed by atoms with Gasteiger partial charge in [-0.25, -0.2) is 0 Å². The van der Waals surface area contributed by atoms with Crippen molar-refractivity contribution in [1.29, 1.82) is 0 Å². The molecule has 0 unspecified atom stereocenters. The van der Waals surface area contributed by atoms with Gasteiger partial charge in [-0.3, -0.25) is 19.6 Å². The highest BCUT2D eigenvalue weighted by Gasteiger charge is 2.34. The van der Waals surface area contributed by atoms with Crippen molar-refractivity contribution in [3.05, 3.63) is 51.3 Å². The second-order valence-corrected chi connectivity index (χ2v) is 5.43. The maximum atomic E-state index is 13.0. The molecule has 1 aromatic carbocycles.